The predicted molar refractivity (Wildman–Crippen MR) is 80.8 cm³/mol. The van der Waals surface area contributed by atoms with Gasteiger partial charge in [0.15, 0.2) is 5.54 Å². The van der Waals surface area contributed by atoms with Crippen molar-refractivity contribution in [3.63, 3.8) is 0 Å². The van der Waals surface area contributed by atoms with Crippen molar-refractivity contribution in [3.8, 4) is 0 Å². The average molecular weight is 295 g/mol. The molecular formula is C16H25NO4. The molecule has 0 spiro atoms. The van der Waals surface area contributed by atoms with Gasteiger partial charge in [0.25, 0.3) is 0 Å². The van der Waals surface area contributed by atoms with E-state index in [2.05, 4.69) is 0 Å². The molecule has 2 N–H and O–H groups in total. The number of carbonyl (C=O) groups is 1. The Morgan fingerprint density at radius 3 is 2.48 bits per heavy atom. The molecule has 0 amide bonds. The molecule has 1 aromatic rings. The fraction of sp³-hybridized carbons (Fsp3) is 0.562. The van der Waals surface area contributed by atoms with Crippen molar-refractivity contribution in [1.29, 1.82) is 0 Å². The first kappa shape index (κ1) is 17.6. The van der Waals surface area contributed by atoms with Crippen LogP contribution in [0.4, 0.5) is 0 Å². The fourth-order valence-corrected chi connectivity index (χ4v) is 1.86. The van der Waals surface area contributed by atoms with E-state index in [0.29, 0.717) is 18.8 Å². The molecule has 0 aliphatic carbocycles. The van der Waals surface area contributed by atoms with Crippen LogP contribution in [0.3, 0.4) is 0 Å². The molecule has 0 aliphatic rings. The van der Waals surface area contributed by atoms with E-state index < -0.39 is 11.5 Å². The van der Waals surface area contributed by atoms with Crippen LogP contribution in [0.15, 0.2) is 30.3 Å². The molecule has 0 aromatic heterocycles. The van der Waals surface area contributed by atoms with Gasteiger partial charge in [-0.3, -0.25) is 0 Å². The molecule has 1 rings (SSSR count). The highest BCUT2D eigenvalue weighted by Gasteiger charge is 2.38. The molecule has 0 aliphatic heterocycles. The van der Waals surface area contributed by atoms with Crippen LogP contribution in [0.25, 0.3) is 0 Å². The SMILES string of the molecule is CCOCC(C)OCC(N)(C(=O)OCC)c1ccccc1. The molecule has 21 heavy (non-hydrogen) atoms. The van der Waals surface area contributed by atoms with Crippen molar-refractivity contribution < 1.29 is 19.0 Å². The standard InChI is InChI=1S/C16H25NO4/c1-4-19-11-13(3)21-12-16(17,15(18)20-5-2)14-9-7-6-8-10-14/h6-10,13H,4-5,11-12,17H2,1-3H3. The molecule has 0 heterocycles. The van der Waals surface area contributed by atoms with Gasteiger partial charge in [-0.25, -0.2) is 4.79 Å². The smallest absolute Gasteiger partial charge is 0.333 e. The second-order valence-electron chi connectivity index (χ2n) is 4.84. The number of hydrogen-bond donors (Lipinski definition) is 1. The lowest BCUT2D eigenvalue weighted by Crippen LogP contribution is -2.50. The average Bonchev–Trinajstić information content (AvgIpc) is 2.51. The molecule has 2 atom stereocenters. The van der Waals surface area contributed by atoms with Gasteiger partial charge in [0.05, 0.1) is 25.9 Å². The fourth-order valence-electron chi connectivity index (χ4n) is 1.86. The van der Waals surface area contributed by atoms with Crippen molar-refractivity contribution in [2.24, 2.45) is 5.73 Å². The minimum atomic E-state index is -1.31. The van der Waals surface area contributed by atoms with E-state index in [-0.39, 0.29) is 19.3 Å². The summed E-state index contributed by atoms with van der Waals surface area (Å²) in [7, 11) is 0. The Morgan fingerprint density at radius 2 is 1.90 bits per heavy atom. The predicted octanol–water partition coefficient (Wildman–Crippen LogP) is 1.85. The topological polar surface area (TPSA) is 70.8 Å². The summed E-state index contributed by atoms with van der Waals surface area (Å²) in [5, 5.41) is 0. The van der Waals surface area contributed by atoms with Crippen LogP contribution >= 0.6 is 0 Å². The summed E-state index contributed by atoms with van der Waals surface area (Å²) in [5.41, 5.74) is 5.65. The van der Waals surface area contributed by atoms with Gasteiger partial charge >= 0.3 is 5.97 Å². The first-order valence-electron chi connectivity index (χ1n) is 7.25. The molecule has 2 unspecified atom stereocenters. The molecule has 0 fully saturated rings. The van der Waals surface area contributed by atoms with Crippen LogP contribution in [0, 0.1) is 0 Å². The highest BCUT2D eigenvalue weighted by atomic mass is 16.5. The van der Waals surface area contributed by atoms with Crippen LogP contribution < -0.4 is 5.73 Å². The Hall–Kier alpha value is -1.43. The molecular weight excluding hydrogens is 270 g/mol. The molecule has 5 nitrogen and oxygen atoms in total. The van der Waals surface area contributed by atoms with E-state index in [1.807, 2.05) is 32.0 Å². The van der Waals surface area contributed by atoms with E-state index in [0.717, 1.165) is 0 Å². The molecule has 0 radical (unpaired) electrons. The van der Waals surface area contributed by atoms with Gasteiger partial charge in [0, 0.05) is 6.61 Å². The largest absolute Gasteiger partial charge is 0.464 e. The van der Waals surface area contributed by atoms with Gasteiger partial charge in [-0.05, 0) is 26.3 Å². The first-order chi connectivity index (χ1) is 10.0. The highest BCUT2D eigenvalue weighted by molar-refractivity contribution is 5.82. The lowest BCUT2D eigenvalue weighted by molar-refractivity contribution is -0.154. The maximum Gasteiger partial charge on any atom is 0.333 e. The van der Waals surface area contributed by atoms with Gasteiger partial charge < -0.3 is 19.9 Å². The summed E-state index contributed by atoms with van der Waals surface area (Å²) in [4.78, 5) is 12.2. The Labute approximate surface area is 126 Å². The highest BCUT2D eigenvalue weighted by Crippen LogP contribution is 2.21. The summed E-state index contributed by atoms with van der Waals surface area (Å²) in [5.74, 6) is -0.486. The van der Waals surface area contributed by atoms with E-state index in [1.165, 1.54) is 0 Å². The van der Waals surface area contributed by atoms with Crippen LogP contribution in [0.5, 0.6) is 0 Å². The number of nitrogens with two attached hydrogens (primary N) is 1. The number of esters is 1. The van der Waals surface area contributed by atoms with Crippen LogP contribution in [-0.2, 0) is 24.5 Å². The van der Waals surface area contributed by atoms with Crippen LogP contribution in [0.2, 0.25) is 0 Å². The lowest BCUT2D eigenvalue weighted by Gasteiger charge is -2.28. The molecule has 0 saturated carbocycles. The summed E-state index contributed by atoms with van der Waals surface area (Å²) >= 11 is 0. The van der Waals surface area contributed by atoms with E-state index in [1.54, 1.807) is 19.1 Å². The zero-order chi connectivity index (χ0) is 15.7. The van der Waals surface area contributed by atoms with Crippen LogP contribution in [-0.4, -0.2) is 38.5 Å². The second-order valence-corrected chi connectivity index (χ2v) is 4.84. The second kappa shape index (κ2) is 8.77. The zero-order valence-electron chi connectivity index (χ0n) is 13.0. The third-order valence-corrected chi connectivity index (χ3v) is 3.08. The number of rotatable bonds is 9. The Morgan fingerprint density at radius 1 is 1.24 bits per heavy atom. The van der Waals surface area contributed by atoms with Gasteiger partial charge in [-0.1, -0.05) is 30.3 Å². The van der Waals surface area contributed by atoms with E-state index in [4.69, 9.17) is 19.9 Å². The van der Waals surface area contributed by atoms with Crippen LogP contribution in [0.1, 0.15) is 26.3 Å². The minimum absolute atomic E-state index is 0.0457. The van der Waals surface area contributed by atoms with Gasteiger partial charge in [-0.15, -0.1) is 0 Å². The minimum Gasteiger partial charge on any atom is -0.464 e. The molecule has 0 bridgehead atoms. The Kier molecular flexibility index (Phi) is 7.36. The maximum absolute atomic E-state index is 12.2. The normalized spacial score (nSPS) is 15.2. The molecule has 1 aromatic carbocycles. The monoisotopic (exact) mass is 295 g/mol. The van der Waals surface area contributed by atoms with E-state index >= 15 is 0 Å². The summed E-state index contributed by atoms with van der Waals surface area (Å²) in [6.07, 6.45) is -0.147. The lowest BCUT2D eigenvalue weighted by atomic mass is 9.92. The van der Waals surface area contributed by atoms with Crippen molar-refractivity contribution >= 4 is 5.97 Å². The zero-order valence-corrected chi connectivity index (χ0v) is 13.0. The molecule has 5 heteroatoms. The number of carbonyl (C=O) groups excluding carboxylic acids is 1. The third kappa shape index (κ3) is 5.12. The van der Waals surface area contributed by atoms with Crippen molar-refractivity contribution in [2.75, 3.05) is 26.4 Å². The molecule has 0 saturated heterocycles. The number of ether oxygens (including phenoxy) is 3. The summed E-state index contributed by atoms with van der Waals surface area (Å²) < 4.78 is 16.1. The van der Waals surface area contributed by atoms with Gasteiger partial charge in [0.1, 0.15) is 0 Å². The van der Waals surface area contributed by atoms with Crippen molar-refractivity contribution in [1.82, 2.24) is 0 Å². The Balaban J connectivity index is 2.81. The van der Waals surface area contributed by atoms with Gasteiger partial charge in [0.2, 0.25) is 0 Å². The number of hydrogen-bond acceptors (Lipinski definition) is 5. The Bertz CT molecular complexity index is 424. The van der Waals surface area contributed by atoms with Crippen molar-refractivity contribution in [3.05, 3.63) is 35.9 Å². The van der Waals surface area contributed by atoms with Gasteiger partial charge in [-0.2, -0.15) is 0 Å². The number of benzene rings is 1. The quantitative estimate of drug-likeness (QED) is 0.704. The van der Waals surface area contributed by atoms with Crippen molar-refractivity contribution in [2.45, 2.75) is 32.4 Å². The third-order valence-electron chi connectivity index (χ3n) is 3.08. The summed E-state index contributed by atoms with van der Waals surface area (Å²) in [6.45, 7) is 6.96. The first-order valence-corrected chi connectivity index (χ1v) is 7.25. The summed E-state index contributed by atoms with van der Waals surface area (Å²) in [6, 6.07) is 9.13. The molecule has 118 valence electrons. The van der Waals surface area contributed by atoms with E-state index in [9.17, 15) is 4.79 Å². The maximum atomic E-state index is 12.2.